The second kappa shape index (κ2) is 6.31. The first-order valence-corrected chi connectivity index (χ1v) is 6.93. The summed E-state index contributed by atoms with van der Waals surface area (Å²) in [6, 6.07) is 12.4. The van der Waals surface area contributed by atoms with Crippen molar-refractivity contribution in [3.8, 4) is 5.75 Å². The van der Waals surface area contributed by atoms with Gasteiger partial charge in [-0.3, -0.25) is 10.1 Å². The monoisotopic (exact) mass is 312 g/mol. The van der Waals surface area contributed by atoms with E-state index < -0.39 is 10.7 Å². The average molecular weight is 312 g/mol. The number of aromatic amines is 1. The van der Waals surface area contributed by atoms with Crippen molar-refractivity contribution in [2.45, 2.75) is 6.61 Å². The van der Waals surface area contributed by atoms with Crippen LogP contribution in [-0.4, -0.2) is 9.91 Å². The van der Waals surface area contributed by atoms with Crippen LogP contribution in [0.4, 0.5) is 4.39 Å². The van der Waals surface area contributed by atoms with Gasteiger partial charge in [0.2, 0.25) is 6.20 Å². The fourth-order valence-electron chi connectivity index (χ4n) is 2.34. The molecule has 0 aliphatic rings. The van der Waals surface area contributed by atoms with Crippen LogP contribution in [0.25, 0.3) is 17.0 Å². The topological polar surface area (TPSA) is 68.2 Å². The predicted octanol–water partition coefficient (Wildman–Crippen LogP) is 4.13. The van der Waals surface area contributed by atoms with Gasteiger partial charge in [0, 0.05) is 17.8 Å². The minimum Gasteiger partial charge on any atom is -0.488 e. The molecule has 0 fully saturated rings. The summed E-state index contributed by atoms with van der Waals surface area (Å²) >= 11 is 0. The van der Waals surface area contributed by atoms with Crippen LogP contribution >= 0.6 is 0 Å². The van der Waals surface area contributed by atoms with Gasteiger partial charge < -0.3 is 9.72 Å². The van der Waals surface area contributed by atoms with E-state index in [9.17, 15) is 14.5 Å². The zero-order chi connectivity index (χ0) is 16.2. The van der Waals surface area contributed by atoms with Gasteiger partial charge in [-0.05, 0) is 17.7 Å². The summed E-state index contributed by atoms with van der Waals surface area (Å²) < 4.78 is 19.7. The molecule has 23 heavy (non-hydrogen) atoms. The Morgan fingerprint density at radius 2 is 2.00 bits per heavy atom. The molecule has 0 saturated heterocycles. The molecule has 3 rings (SSSR count). The summed E-state index contributed by atoms with van der Waals surface area (Å²) in [4.78, 5) is 12.7. The summed E-state index contributed by atoms with van der Waals surface area (Å²) in [7, 11) is 0. The average Bonchev–Trinajstić information content (AvgIpc) is 2.98. The summed E-state index contributed by atoms with van der Waals surface area (Å²) in [5, 5.41) is 11.0. The van der Waals surface area contributed by atoms with E-state index in [1.807, 2.05) is 30.3 Å². The van der Waals surface area contributed by atoms with E-state index in [1.165, 1.54) is 24.4 Å². The molecule has 0 atom stereocenters. The molecule has 0 aliphatic carbocycles. The zero-order valence-electron chi connectivity index (χ0n) is 12.0. The number of fused-ring (bicyclic) bond motifs is 1. The Hall–Kier alpha value is -3.15. The maximum absolute atomic E-state index is 13.9. The SMILES string of the molecule is O=[N+]([O-])/C=C/c1c[nH]c2c(F)ccc(OCc3ccccc3)c12. The van der Waals surface area contributed by atoms with E-state index in [-0.39, 0.29) is 5.52 Å². The molecule has 5 nitrogen and oxygen atoms in total. The van der Waals surface area contributed by atoms with Crippen molar-refractivity contribution in [3.63, 3.8) is 0 Å². The molecule has 0 bridgehead atoms. The molecular formula is C17H13FN2O3. The van der Waals surface area contributed by atoms with Crippen molar-refractivity contribution in [1.29, 1.82) is 0 Å². The van der Waals surface area contributed by atoms with Gasteiger partial charge in [0.05, 0.1) is 15.8 Å². The zero-order valence-corrected chi connectivity index (χ0v) is 12.0. The van der Waals surface area contributed by atoms with Crippen molar-refractivity contribution in [2.24, 2.45) is 0 Å². The lowest BCUT2D eigenvalue weighted by Crippen LogP contribution is -1.96. The molecule has 0 radical (unpaired) electrons. The molecule has 1 N–H and O–H groups in total. The first-order valence-electron chi connectivity index (χ1n) is 6.93. The van der Waals surface area contributed by atoms with Gasteiger partial charge in [-0.15, -0.1) is 0 Å². The van der Waals surface area contributed by atoms with Gasteiger partial charge in [-0.25, -0.2) is 4.39 Å². The van der Waals surface area contributed by atoms with Crippen molar-refractivity contribution in [3.05, 3.63) is 81.9 Å². The Labute approximate surface area is 131 Å². The van der Waals surface area contributed by atoms with Crippen molar-refractivity contribution < 1.29 is 14.1 Å². The Morgan fingerprint density at radius 1 is 1.22 bits per heavy atom. The van der Waals surface area contributed by atoms with Crippen LogP contribution in [0.2, 0.25) is 0 Å². The van der Waals surface area contributed by atoms with E-state index >= 15 is 0 Å². The smallest absolute Gasteiger partial charge is 0.235 e. The number of ether oxygens (including phenoxy) is 1. The lowest BCUT2D eigenvalue weighted by molar-refractivity contribution is -0.400. The molecule has 0 aliphatic heterocycles. The van der Waals surface area contributed by atoms with Crippen molar-refractivity contribution in [1.82, 2.24) is 4.98 Å². The summed E-state index contributed by atoms with van der Waals surface area (Å²) in [6.07, 6.45) is 3.64. The number of aromatic nitrogens is 1. The van der Waals surface area contributed by atoms with E-state index in [2.05, 4.69) is 4.98 Å². The van der Waals surface area contributed by atoms with Crippen LogP contribution in [0.1, 0.15) is 11.1 Å². The second-order valence-corrected chi connectivity index (χ2v) is 4.91. The second-order valence-electron chi connectivity index (χ2n) is 4.91. The highest BCUT2D eigenvalue weighted by Crippen LogP contribution is 2.32. The Kier molecular flexibility index (Phi) is 4.05. The third-order valence-corrected chi connectivity index (χ3v) is 3.39. The fourth-order valence-corrected chi connectivity index (χ4v) is 2.34. The molecule has 1 aromatic heterocycles. The number of halogens is 1. The number of nitro groups is 1. The quantitative estimate of drug-likeness (QED) is 0.569. The van der Waals surface area contributed by atoms with Crippen LogP contribution < -0.4 is 4.74 Å². The Morgan fingerprint density at radius 3 is 2.74 bits per heavy atom. The highest BCUT2D eigenvalue weighted by Gasteiger charge is 2.13. The molecule has 0 saturated carbocycles. The first-order chi connectivity index (χ1) is 11.1. The minimum atomic E-state index is -0.567. The molecule has 1 heterocycles. The normalized spacial score (nSPS) is 11.2. The molecule has 116 valence electrons. The highest BCUT2D eigenvalue weighted by molar-refractivity contribution is 5.94. The van der Waals surface area contributed by atoms with Gasteiger partial charge in [0.15, 0.2) is 0 Å². The van der Waals surface area contributed by atoms with E-state index in [1.54, 1.807) is 0 Å². The maximum atomic E-state index is 13.9. The van der Waals surface area contributed by atoms with E-state index in [0.29, 0.717) is 23.3 Å². The molecule has 0 spiro atoms. The van der Waals surface area contributed by atoms with E-state index in [0.717, 1.165) is 11.8 Å². The summed E-state index contributed by atoms with van der Waals surface area (Å²) in [5.74, 6) is 0.0299. The van der Waals surface area contributed by atoms with Crippen molar-refractivity contribution >= 4 is 17.0 Å². The summed E-state index contributed by atoms with van der Waals surface area (Å²) in [5.41, 5.74) is 1.74. The lowest BCUT2D eigenvalue weighted by atomic mass is 10.1. The number of hydrogen-bond donors (Lipinski definition) is 1. The molecule has 0 unspecified atom stereocenters. The first kappa shape index (κ1) is 14.8. The number of benzene rings is 2. The van der Waals surface area contributed by atoms with Gasteiger partial charge >= 0.3 is 0 Å². The number of rotatable bonds is 5. The molecule has 2 aromatic carbocycles. The Bertz CT molecular complexity index is 872. The predicted molar refractivity (Wildman–Crippen MR) is 85.1 cm³/mol. The largest absolute Gasteiger partial charge is 0.488 e. The van der Waals surface area contributed by atoms with Gasteiger partial charge in [-0.1, -0.05) is 30.3 Å². The van der Waals surface area contributed by atoms with Crippen LogP contribution in [0.3, 0.4) is 0 Å². The summed E-state index contributed by atoms with van der Waals surface area (Å²) in [6.45, 7) is 0.325. The molecule has 0 amide bonds. The van der Waals surface area contributed by atoms with Gasteiger partial charge in [0.25, 0.3) is 0 Å². The van der Waals surface area contributed by atoms with Crippen molar-refractivity contribution in [2.75, 3.05) is 0 Å². The van der Waals surface area contributed by atoms with Crippen LogP contribution in [-0.2, 0) is 6.61 Å². The van der Waals surface area contributed by atoms with E-state index in [4.69, 9.17) is 4.74 Å². The highest BCUT2D eigenvalue weighted by atomic mass is 19.1. The Balaban J connectivity index is 1.97. The number of nitrogens with one attached hydrogen (secondary N) is 1. The maximum Gasteiger partial charge on any atom is 0.235 e. The third kappa shape index (κ3) is 3.21. The number of nitrogens with zero attached hydrogens (tertiary/aromatic N) is 1. The van der Waals surface area contributed by atoms with Gasteiger partial charge in [-0.2, -0.15) is 0 Å². The minimum absolute atomic E-state index is 0.263. The third-order valence-electron chi connectivity index (χ3n) is 3.39. The molecule has 3 aromatic rings. The van der Waals surface area contributed by atoms with Crippen LogP contribution in [0, 0.1) is 15.9 Å². The molecular weight excluding hydrogens is 299 g/mol. The number of hydrogen-bond acceptors (Lipinski definition) is 3. The molecule has 6 heteroatoms. The van der Waals surface area contributed by atoms with Crippen LogP contribution in [0.5, 0.6) is 5.75 Å². The number of H-pyrrole nitrogens is 1. The fraction of sp³-hybridized carbons (Fsp3) is 0.0588. The van der Waals surface area contributed by atoms with Crippen LogP contribution in [0.15, 0.2) is 54.9 Å². The standard InChI is InChI=1S/C17H13FN2O3/c18-14-6-7-15(23-11-12-4-2-1-3-5-12)16-13(8-9-20(21)22)10-19-17(14)16/h1-10,19H,11H2/b9-8+. The van der Waals surface area contributed by atoms with Gasteiger partial charge in [0.1, 0.15) is 18.2 Å². The lowest BCUT2D eigenvalue weighted by Gasteiger charge is -2.08.